The van der Waals surface area contributed by atoms with Gasteiger partial charge in [-0.2, -0.15) is 4.37 Å². The summed E-state index contributed by atoms with van der Waals surface area (Å²) in [5.41, 5.74) is 1.13. The van der Waals surface area contributed by atoms with Crippen LogP contribution in [0.15, 0.2) is 33.8 Å². The van der Waals surface area contributed by atoms with Gasteiger partial charge < -0.3 is 5.32 Å². The zero-order valence-electron chi connectivity index (χ0n) is 10.2. The molecule has 0 fully saturated rings. The molecule has 0 amide bonds. The van der Waals surface area contributed by atoms with Crippen LogP contribution in [0.1, 0.15) is 25.5 Å². The van der Waals surface area contributed by atoms with Crippen molar-refractivity contribution in [2.75, 3.05) is 6.54 Å². The zero-order chi connectivity index (χ0) is 13.0. The Balaban J connectivity index is 2.14. The van der Waals surface area contributed by atoms with Crippen molar-refractivity contribution >= 4 is 34.9 Å². The van der Waals surface area contributed by atoms with Crippen molar-refractivity contribution in [3.63, 3.8) is 0 Å². The Labute approximate surface area is 120 Å². The summed E-state index contributed by atoms with van der Waals surface area (Å²) in [5.74, 6) is 0. The van der Waals surface area contributed by atoms with Gasteiger partial charge in [0.2, 0.25) is 0 Å². The summed E-state index contributed by atoms with van der Waals surface area (Å²) in [6, 6.07) is 6.39. The predicted molar refractivity (Wildman–Crippen MR) is 77.6 cm³/mol. The van der Waals surface area contributed by atoms with Crippen molar-refractivity contribution in [3.05, 3.63) is 35.1 Å². The first kappa shape index (κ1) is 13.8. The topological polar surface area (TPSA) is 37.8 Å². The maximum atomic E-state index is 6.31. The Morgan fingerprint density at radius 3 is 2.94 bits per heavy atom. The Hall–Kier alpha value is -0.620. The first-order chi connectivity index (χ1) is 8.70. The second-order valence-electron chi connectivity index (χ2n) is 3.77. The van der Waals surface area contributed by atoms with Crippen molar-refractivity contribution in [2.24, 2.45) is 0 Å². The molecule has 1 aromatic carbocycles. The van der Waals surface area contributed by atoms with Crippen LogP contribution in [0, 0.1) is 0 Å². The molecule has 2 rings (SSSR count). The highest BCUT2D eigenvalue weighted by atomic mass is 35.5. The highest BCUT2D eigenvalue weighted by Gasteiger charge is 2.10. The van der Waals surface area contributed by atoms with E-state index in [9.17, 15) is 0 Å². The number of halogens is 1. The summed E-state index contributed by atoms with van der Waals surface area (Å²) < 4.78 is 4.91. The number of aromatic nitrogens is 2. The van der Waals surface area contributed by atoms with Gasteiger partial charge in [0.25, 0.3) is 0 Å². The second-order valence-corrected chi connectivity index (χ2v) is 6.28. The van der Waals surface area contributed by atoms with E-state index in [1.54, 1.807) is 18.1 Å². The summed E-state index contributed by atoms with van der Waals surface area (Å²) in [5, 5.41) is 4.15. The maximum absolute atomic E-state index is 6.31. The van der Waals surface area contributed by atoms with Gasteiger partial charge in [0.05, 0.1) is 0 Å². The summed E-state index contributed by atoms with van der Waals surface area (Å²) >= 11 is 9.29. The van der Waals surface area contributed by atoms with Crippen molar-refractivity contribution in [1.29, 1.82) is 0 Å². The van der Waals surface area contributed by atoms with Crippen LogP contribution in [-0.4, -0.2) is 15.9 Å². The molecule has 1 aromatic heterocycles. The van der Waals surface area contributed by atoms with E-state index in [1.807, 2.05) is 6.07 Å². The second kappa shape index (κ2) is 6.52. The standard InChI is InChI=1S/C12H14ClN3S2/c1-3-14-8(2)10-5-4-9(6-11(10)13)17-12-15-7-16-18-12/h4-8,14H,3H2,1-2H3. The predicted octanol–water partition coefficient (Wildman–Crippen LogP) is 4.01. The molecular weight excluding hydrogens is 286 g/mol. The highest BCUT2D eigenvalue weighted by molar-refractivity contribution is 8.01. The molecule has 96 valence electrons. The molecule has 1 N–H and O–H groups in total. The normalized spacial score (nSPS) is 12.6. The first-order valence-electron chi connectivity index (χ1n) is 5.68. The van der Waals surface area contributed by atoms with Crippen molar-refractivity contribution in [2.45, 2.75) is 29.1 Å². The lowest BCUT2D eigenvalue weighted by molar-refractivity contribution is 0.598. The lowest BCUT2D eigenvalue weighted by Crippen LogP contribution is -2.17. The molecule has 1 atom stereocenters. The molecule has 0 spiro atoms. The molecule has 2 aromatic rings. The molecular formula is C12H14ClN3S2. The highest BCUT2D eigenvalue weighted by Crippen LogP contribution is 2.32. The van der Waals surface area contributed by atoms with Crippen LogP contribution < -0.4 is 5.32 Å². The van der Waals surface area contributed by atoms with Crippen LogP contribution in [0.4, 0.5) is 0 Å². The van der Waals surface area contributed by atoms with E-state index >= 15 is 0 Å². The van der Waals surface area contributed by atoms with Gasteiger partial charge in [0, 0.05) is 16.0 Å². The zero-order valence-corrected chi connectivity index (χ0v) is 12.6. The van der Waals surface area contributed by atoms with E-state index in [0.29, 0.717) is 0 Å². The largest absolute Gasteiger partial charge is 0.310 e. The van der Waals surface area contributed by atoms with Crippen LogP contribution >= 0.6 is 34.9 Å². The SMILES string of the molecule is CCNC(C)c1ccc(Sc2ncns2)cc1Cl. The molecule has 1 heterocycles. The fourth-order valence-corrected chi connectivity index (χ4v) is 3.52. The minimum atomic E-state index is 0.267. The van der Waals surface area contributed by atoms with Gasteiger partial charge in [-0.1, -0.05) is 36.4 Å². The van der Waals surface area contributed by atoms with Gasteiger partial charge in [-0.15, -0.1) is 0 Å². The summed E-state index contributed by atoms with van der Waals surface area (Å²) in [6.45, 7) is 5.13. The van der Waals surface area contributed by atoms with E-state index in [0.717, 1.165) is 26.4 Å². The first-order valence-corrected chi connectivity index (χ1v) is 7.65. The van der Waals surface area contributed by atoms with Crippen LogP contribution in [0.2, 0.25) is 5.02 Å². The third-order valence-electron chi connectivity index (χ3n) is 2.49. The lowest BCUT2D eigenvalue weighted by Gasteiger charge is -2.14. The molecule has 0 radical (unpaired) electrons. The van der Waals surface area contributed by atoms with Crippen LogP contribution in [-0.2, 0) is 0 Å². The van der Waals surface area contributed by atoms with E-state index in [2.05, 4.69) is 40.7 Å². The van der Waals surface area contributed by atoms with Gasteiger partial charge >= 0.3 is 0 Å². The van der Waals surface area contributed by atoms with Crippen LogP contribution in [0.5, 0.6) is 0 Å². The van der Waals surface area contributed by atoms with Crippen molar-refractivity contribution in [1.82, 2.24) is 14.7 Å². The Kier molecular flexibility index (Phi) is 5.00. The van der Waals surface area contributed by atoms with Gasteiger partial charge in [-0.3, -0.25) is 0 Å². The van der Waals surface area contributed by atoms with Crippen molar-refractivity contribution < 1.29 is 0 Å². The number of nitrogens with zero attached hydrogens (tertiary/aromatic N) is 2. The number of hydrogen-bond donors (Lipinski definition) is 1. The quantitative estimate of drug-likeness (QED) is 0.905. The van der Waals surface area contributed by atoms with Gasteiger partial charge in [0.15, 0.2) is 4.34 Å². The smallest absolute Gasteiger partial charge is 0.174 e. The molecule has 3 nitrogen and oxygen atoms in total. The molecule has 0 saturated carbocycles. The Bertz CT molecular complexity index is 502. The molecule has 0 bridgehead atoms. The van der Waals surface area contributed by atoms with Crippen LogP contribution in [0.25, 0.3) is 0 Å². The van der Waals surface area contributed by atoms with E-state index in [1.165, 1.54) is 11.5 Å². The van der Waals surface area contributed by atoms with E-state index < -0.39 is 0 Å². The average Bonchev–Trinajstić information content (AvgIpc) is 2.82. The number of benzene rings is 1. The molecule has 18 heavy (non-hydrogen) atoms. The summed E-state index contributed by atoms with van der Waals surface area (Å²) in [4.78, 5) is 5.23. The van der Waals surface area contributed by atoms with Gasteiger partial charge in [-0.25, -0.2) is 4.98 Å². The van der Waals surface area contributed by atoms with Crippen LogP contribution in [0.3, 0.4) is 0 Å². The Morgan fingerprint density at radius 2 is 2.33 bits per heavy atom. The minimum Gasteiger partial charge on any atom is -0.310 e. The van der Waals surface area contributed by atoms with Gasteiger partial charge in [0.1, 0.15) is 6.33 Å². The minimum absolute atomic E-state index is 0.267. The molecule has 0 aliphatic rings. The third-order valence-corrected chi connectivity index (χ3v) is 4.53. The van der Waals surface area contributed by atoms with Gasteiger partial charge in [-0.05, 0) is 42.7 Å². The molecule has 0 aliphatic carbocycles. The lowest BCUT2D eigenvalue weighted by atomic mass is 10.1. The monoisotopic (exact) mass is 299 g/mol. The number of rotatable bonds is 5. The fourth-order valence-electron chi connectivity index (χ4n) is 1.65. The summed E-state index contributed by atoms with van der Waals surface area (Å²) in [6.07, 6.45) is 1.57. The van der Waals surface area contributed by atoms with E-state index in [-0.39, 0.29) is 6.04 Å². The number of hydrogen-bond acceptors (Lipinski definition) is 5. The maximum Gasteiger partial charge on any atom is 0.174 e. The fraction of sp³-hybridized carbons (Fsp3) is 0.333. The molecule has 6 heteroatoms. The summed E-state index contributed by atoms with van der Waals surface area (Å²) in [7, 11) is 0. The average molecular weight is 300 g/mol. The molecule has 1 unspecified atom stereocenters. The molecule has 0 aliphatic heterocycles. The molecule has 0 saturated heterocycles. The third kappa shape index (κ3) is 3.45. The van der Waals surface area contributed by atoms with E-state index in [4.69, 9.17) is 11.6 Å². The number of nitrogens with one attached hydrogen (secondary N) is 1. The Morgan fingerprint density at radius 1 is 1.50 bits per heavy atom. The van der Waals surface area contributed by atoms with Crippen molar-refractivity contribution in [3.8, 4) is 0 Å².